The molecule has 1 aliphatic rings. The molecule has 3 N–H and O–H groups in total. The van der Waals surface area contributed by atoms with E-state index < -0.39 is 6.04 Å². The third-order valence-corrected chi connectivity index (χ3v) is 4.56. The van der Waals surface area contributed by atoms with E-state index in [1.807, 2.05) is 42.1 Å². The van der Waals surface area contributed by atoms with Gasteiger partial charge in [-0.3, -0.25) is 4.79 Å². The molecular weight excluding hydrogens is 280 g/mol. The molecule has 3 nitrogen and oxygen atoms in total. The topological polar surface area (TPSA) is 55.1 Å². The van der Waals surface area contributed by atoms with Gasteiger partial charge in [0.2, 0.25) is 5.91 Å². The van der Waals surface area contributed by atoms with Crippen molar-refractivity contribution in [2.45, 2.75) is 30.6 Å². The number of nitrogens with one attached hydrogen (secondary N) is 1. The molecule has 1 fully saturated rings. The molecule has 1 aromatic carbocycles. The predicted octanol–water partition coefficient (Wildman–Crippen LogP) is 1.99. The molecule has 0 radical (unpaired) electrons. The smallest absolute Gasteiger partial charge is 0.237 e. The highest BCUT2D eigenvalue weighted by Gasteiger charge is 2.18. The second kappa shape index (κ2) is 8.46. The summed E-state index contributed by atoms with van der Waals surface area (Å²) in [6, 6.07) is 9.45. The standard InChI is InChI=1S/C14H20N2OS.ClH/c15-13(9-11-5-2-1-3-6-11)14(17)16-10-12-7-4-8-18-12;/h1-3,5-6,12-13H,4,7-10,15H2,(H,16,17);1H/t12?,13-;/m0./s1. The van der Waals surface area contributed by atoms with Crippen molar-refractivity contribution in [1.82, 2.24) is 5.32 Å². The zero-order valence-corrected chi connectivity index (χ0v) is 12.5. The zero-order chi connectivity index (χ0) is 12.8. The summed E-state index contributed by atoms with van der Waals surface area (Å²) in [6.07, 6.45) is 3.07. The Bertz CT molecular complexity index is 382. The Morgan fingerprint density at radius 1 is 1.42 bits per heavy atom. The highest BCUT2D eigenvalue weighted by molar-refractivity contribution is 8.00. The van der Waals surface area contributed by atoms with Crippen LogP contribution in [0, 0.1) is 0 Å². The maximum absolute atomic E-state index is 11.9. The van der Waals surface area contributed by atoms with Crippen LogP contribution in [0.3, 0.4) is 0 Å². The van der Waals surface area contributed by atoms with Crippen LogP contribution < -0.4 is 11.1 Å². The van der Waals surface area contributed by atoms with E-state index in [4.69, 9.17) is 5.73 Å². The van der Waals surface area contributed by atoms with Crippen LogP contribution in [0.1, 0.15) is 18.4 Å². The largest absolute Gasteiger partial charge is 0.354 e. The minimum absolute atomic E-state index is 0. The molecule has 1 aromatic rings. The van der Waals surface area contributed by atoms with Gasteiger partial charge in [0.05, 0.1) is 6.04 Å². The molecule has 2 rings (SSSR count). The molecule has 0 aliphatic carbocycles. The van der Waals surface area contributed by atoms with Gasteiger partial charge in [-0.25, -0.2) is 0 Å². The average molecular weight is 301 g/mol. The van der Waals surface area contributed by atoms with E-state index in [1.165, 1.54) is 18.6 Å². The molecule has 19 heavy (non-hydrogen) atoms. The van der Waals surface area contributed by atoms with E-state index in [2.05, 4.69) is 5.32 Å². The number of nitrogens with two attached hydrogens (primary N) is 1. The van der Waals surface area contributed by atoms with Crippen LogP contribution >= 0.6 is 24.2 Å². The predicted molar refractivity (Wildman–Crippen MR) is 83.9 cm³/mol. The number of amides is 1. The molecule has 2 atom stereocenters. The van der Waals surface area contributed by atoms with Crippen molar-refractivity contribution in [2.75, 3.05) is 12.3 Å². The first kappa shape index (κ1) is 16.3. The maximum Gasteiger partial charge on any atom is 0.237 e. The van der Waals surface area contributed by atoms with Crippen LogP contribution in [0.25, 0.3) is 0 Å². The fourth-order valence-corrected chi connectivity index (χ4v) is 3.31. The summed E-state index contributed by atoms with van der Waals surface area (Å²) in [4.78, 5) is 11.9. The fraction of sp³-hybridized carbons (Fsp3) is 0.500. The zero-order valence-electron chi connectivity index (χ0n) is 10.9. The summed E-state index contributed by atoms with van der Waals surface area (Å²) in [5.41, 5.74) is 7.02. The van der Waals surface area contributed by atoms with E-state index in [-0.39, 0.29) is 18.3 Å². The van der Waals surface area contributed by atoms with Gasteiger partial charge in [-0.15, -0.1) is 12.4 Å². The third kappa shape index (κ3) is 5.43. The monoisotopic (exact) mass is 300 g/mol. The number of halogens is 1. The number of benzene rings is 1. The molecular formula is C14H21ClN2OS. The molecule has 0 saturated carbocycles. The molecule has 1 saturated heterocycles. The first-order chi connectivity index (χ1) is 8.75. The summed E-state index contributed by atoms with van der Waals surface area (Å²) >= 11 is 1.94. The van der Waals surface area contributed by atoms with Gasteiger partial charge < -0.3 is 11.1 Å². The van der Waals surface area contributed by atoms with Crippen molar-refractivity contribution in [3.05, 3.63) is 35.9 Å². The van der Waals surface area contributed by atoms with Crippen LogP contribution in [0.2, 0.25) is 0 Å². The molecule has 1 amide bonds. The van der Waals surface area contributed by atoms with E-state index in [9.17, 15) is 4.79 Å². The van der Waals surface area contributed by atoms with Crippen LogP contribution in [0.15, 0.2) is 30.3 Å². The fourth-order valence-electron chi connectivity index (χ4n) is 2.11. The van der Waals surface area contributed by atoms with E-state index >= 15 is 0 Å². The Kier molecular flexibility index (Phi) is 7.28. The lowest BCUT2D eigenvalue weighted by Crippen LogP contribution is -2.43. The third-order valence-electron chi connectivity index (χ3n) is 3.16. The van der Waals surface area contributed by atoms with Gasteiger partial charge in [0.25, 0.3) is 0 Å². The summed E-state index contributed by atoms with van der Waals surface area (Å²) < 4.78 is 0. The number of carbonyl (C=O) groups excluding carboxylic acids is 1. The number of hydrogen-bond acceptors (Lipinski definition) is 3. The van der Waals surface area contributed by atoms with Gasteiger partial charge in [-0.2, -0.15) is 11.8 Å². The van der Waals surface area contributed by atoms with Crippen LogP contribution in [0.5, 0.6) is 0 Å². The minimum Gasteiger partial charge on any atom is -0.354 e. The lowest BCUT2D eigenvalue weighted by molar-refractivity contribution is -0.122. The van der Waals surface area contributed by atoms with Crippen LogP contribution in [-0.4, -0.2) is 29.5 Å². The van der Waals surface area contributed by atoms with Gasteiger partial charge in [-0.1, -0.05) is 30.3 Å². The van der Waals surface area contributed by atoms with E-state index in [0.29, 0.717) is 11.7 Å². The summed E-state index contributed by atoms with van der Waals surface area (Å²) in [6.45, 7) is 0.756. The van der Waals surface area contributed by atoms with Crippen LogP contribution in [-0.2, 0) is 11.2 Å². The van der Waals surface area contributed by atoms with Gasteiger partial charge in [0.15, 0.2) is 0 Å². The highest BCUT2D eigenvalue weighted by atomic mass is 35.5. The SMILES string of the molecule is Cl.N[C@@H](Cc1ccccc1)C(=O)NCC1CCCS1. The van der Waals surface area contributed by atoms with Gasteiger partial charge in [0.1, 0.15) is 0 Å². The van der Waals surface area contributed by atoms with Crippen molar-refractivity contribution < 1.29 is 4.79 Å². The first-order valence-electron chi connectivity index (χ1n) is 6.44. The second-order valence-electron chi connectivity index (χ2n) is 4.68. The summed E-state index contributed by atoms with van der Waals surface area (Å²) in [5, 5.41) is 3.54. The van der Waals surface area contributed by atoms with Crippen molar-refractivity contribution in [2.24, 2.45) is 5.73 Å². The Morgan fingerprint density at radius 2 is 2.16 bits per heavy atom. The Labute approximate surface area is 125 Å². The second-order valence-corrected chi connectivity index (χ2v) is 6.08. The molecule has 0 spiro atoms. The molecule has 1 unspecified atom stereocenters. The Hall–Kier alpha value is -0.710. The number of hydrogen-bond donors (Lipinski definition) is 2. The maximum atomic E-state index is 11.9. The number of carbonyl (C=O) groups is 1. The summed E-state index contributed by atoms with van der Waals surface area (Å²) in [5.74, 6) is 1.18. The molecule has 1 heterocycles. The molecule has 1 aliphatic heterocycles. The van der Waals surface area contributed by atoms with Crippen molar-refractivity contribution >= 4 is 30.1 Å². The van der Waals surface area contributed by atoms with Crippen molar-refractivity contribution in [3.63, 3.8) is 0 Å². The molecule has 0 bridgehead atoms. The number of rotatable bonds is 5. The van der Waals surface area contributed by atoms with Gasteiger partial charge in [-0.05, 0) is 30.6 Å². The van der Waals surface area contributed by atoms with Crippen LogP contribution in [0.4, 0.5) is 0 Å². The molecule has 106 valence electrons. The first-order valence-corrected chi connectivity index (χ1v) is 7.49. The minimum atomic E-state index is -0.446. The lowest BCUT2D eigenvalue weighted by atomic mass is 10.1. The molecule has 0 aromatic heterocycles. The quantitative estimate of drug-likeness (QED) is 0.874. The lowest BCUT2D eigenvalue weighted by Gasteiger charge is -2.14. The summed E-state index contributed by atoms with van der Waals surface area (Å²) in [7, 11) is 0. The van der Waals surface area contributed by atoms with E-state index in [0.717, 1.165) is 12.1 Å². The molecule has 5 heteroatoms. The Balaban J connectivity index is 0.00000180. The van der Waals surface area contributed by atoms with Gasteiger partial charge in [0, 0.05) is 11.8 Å². The van der Waals surface area contributed by atoms with Crippen molar-refractivity contribution in [1.29, 1.82) is 0 Å². The Morgan fingerprint density at radius 3 is 2.79 bits per heavy atom. The van der Waals surface area contributed by atoms with E-state index in [1.54, 1.807) is 0 Å². The normalized spacial score (nSPS) is 19.5. The average Bonchev–Trinajstić information content (AvgIpc) is 2.90. The van der Waals surface area contributed by atoms with Crippen molar-refractivity contribution in [3.8, 4) is 0 Å². The highest BCUT2D eigenvalue weighted by Crippen LogP contribution is 2.25. The number of thioether (sulfide) groups is 1. The van der Waals surface area contributed by atoms with Gasteiger partial charge >= 0.3 is 0 Å².